The molecule has 576 valence electrons. The second kappa shape index (κ2) is 73.0. The Hall–Kier alpha value is -4.28. The van der Waals surface area contributed by atoms with Crippen molar-refractivity contribution >= 4 is 39.5 Å². The molecule has 0 aliphatic heterocycles. The number of phosphoric acid groups is 2. The molecular formula is C81H140O17P2. The van der Waals surface area contributed by atoms with Crippen LogP contribution in [-0.4, -0.2) is 96.7 Å². The number of unbranched alkanes of at least 4 members (excludes halogenated alkanes) is 29. The zero-order valence-electron chi connectivity index (χ0n) is 62.8. The van der Waals surface area contributed by atoms with E-state index >= 15 is 0 Å². The van der Waals surface area contributed by atoms with E-state index < -0.39 is 97.5 Å². The van der Waals surface area contributed by atoms with Crippen LogP contribution < -0.4 is 0 Å². The van der Waals surface area contributed by atoms with Gasteiger partial charge >= 0.3 is 39.5 Å². The molecule has 0 aliphatic carbocycles. The molecule has 0 aromatic rings. The number of allylic oxidation sites excluding steroid dienone is 18. The molecule has 0 aromatic carbocycles. The summed E-state index contributed by atoms with van der Waals surface area (Å²) in [5, 5.41) is 10.6. The van der Waals surface area contributed by atoms with E-state index in [1.54, 1.807) is 0 Å². The molecule has 0 heterocycles. The summed E-state index contributed by atoms with van der Waals surface area (Å²) in [6.07, 6.45) is 78.0. The molecular weight excluding hydrogens is 1310 g/mol. The summed E-state index contributed by atoms with van der Waals surface area (Å²) in [7, 11) is -9.97. The Balaban J connectivity index is 5.39. The van der Waals surface area contributed by atoms with E-state index in [0.29, 0.717) is 32.1 Å². The standard InChI is InChI=1S/C81H140O17P2/c1-5-9-13-17-21-25-29-33-35-36-37-38-40-44-46-50-54-58-62-66-79(84)92-72-77(98-81(86)68-64-60-56-52-48-42-32-28-24-20-16-12-8-4)74-96-100(89,90)94-70-75(82)69-93-99(87,88)95-73-76(97-80(85)67-63-59-55-51-47-41-31-27-23-19-15-11-7-3)71-91-78(83)65-61-57-53-49-45-43-39-34-30-26-22-18-14-10-6-2/h9,13,16,20-21,25,27-28,31-33,35,37-38,44,46,54,58,75-77,82H,5-8,10-12,14-15,17-19,22-24,26,29-30,34,36,39-43,45,47-53,55-57,59-74H2,1-4H3,(H,87,88)(H,89,90)/b13-9-,20-16-,25-21-,31-27-,32-28-,35-33-,38-37-,46-44-,58-54-. The van der Waals surface area contributed by atoms with E-state index in [9.17, 15) is 43.2 Å². The number of carbonyl (C=O) groups is 4. The van der Waals surface area contributed by atoms with Crippen molar-refractivity contribution in [3.8, 4) is 0 Å². The summed E-state index contributed by atoms with van der Waals surface area (Å²) in [5.41, 5.74) is 0. The van der Waals surface area contributed by atoms with Gasteiger partial charge in [-0.3, -0.25) is 37.3 Å². The molecule has 0 saturated carbocycles. The lowest BCUT2D eigenvalue weighted by Crippen LogP contribution is -2.30. The molecule has 0 aromatic heterocycles. The summed E-state index contributed by atoms with van der Waals surface area (Å²) >= 11 is 0. The number of aliphatic hydroxyl groups excluding tert-OH is 1. The average Bonchev–Trinajstić information content (AvgIpc) is 0.935. The maximum atomic E-state index is 13.1. The van der Waals surface area contributed by atoms with Gasteiger partial charge in [0.1, 0.15) is 19.3 Å². The maximum Gasteiger partial charge on any atom is 0.472 e. The summed E-state index contributed by atoms with van der Waals surface area (Å²) in [5.74, 6) is -2.28. The number of hydrogen-bond donors (Lipinski definition) is 3. The number of ether oxygens (including phenoxy) is 4. The zero-order valence-corrected chi connectivity index (χ0v) is 64.6. The first-order chi connectivity index (χ1) is 48.7. The van der Waals surface area contributed by atoms with Crippen LogP contribution in [0.1, 0.15) is 323 Å². The highest BCUT2D eigenvalue weighted by Gasteiger charge is 2.30. The highest BCUT2D eigenvalue weighted by molar-refractivity contribution is 7.47. The van der Waals surface area contributed by atoms with Crippen LogP contribution in [0.3, 0.4) is 0 Å². The van der Waals surface area contributed by atoms with Gasteiger partial charge in [0.2, 0.25) is 0 Å². The van der Waals surface area contributed by atoms with Crippen LogP contribution in [0.15, 0.2) is 109 Å². The lowest BCUT2D eigenvalue weighted by molar-refractivity contribution is -0.161. The molecule has 0 aliphatic rings. The highest BCUT2D eigenvalue weighted by atomic mass is 31.2. The summed E-state index contributed by atoms with van der Waals surface area (Å²) in [4.78, 5) is 72.9. The van der Waals surface area contributed by atoms with Crippen molar-refractivity contribution < 1.29 is 80.2 Å². The minimum Gasteiger partial charge on any atom is -0.462 e. The fourth-order valence-electron chi connectivity index (χ4n) is 10.3. The van der Waals surface area contributed by atoms with Gasteiger partial charge in [0.15, 0.2) is 12.2 Å². The largest absolute Gasteiger partial charge is 0.472 e. The van der Waals surface area contributed by atoms with Gasteiger partial charge in [0.25, 0.3) is 0 Å². The molecule has 0 amide bonds. The first kappa shape index (κ1) is 95.7. The van der Waals surface area contributed by atoms with Crippen molar-refractivity contribution in [1.82, 2.24) is 0 Å². The molecule has 17 nitrogen and oxygen atoms in total. The molecule has 0 bridgehead atoms. The number of hydrogen-bond acceptors (Lipinski definition) is 15. The van der Waals surface area contributed by atoms with Gasteiger partial charge in [-0.15, -0.1) is 0 Å². The quantitative estimate of drug-likeness (QED) is 0.0169. The maximum absolute atomic E-state index is 13.1. The van der Waals surface area contributed by atoms with Gasteiger partial charge < -0.3 is 33.8 Å². The highest BCUT2D eigenvalue weighted by Crippen LogP contribution is 2.45. The molecule has 0 fully saturated rings. The number of aliphatic hydroxyl groups is 1. The van der Waals surface area contributed by atoms with Crippen molar-refractivity contribution in [2.24, 2.45) is 0 Å². The lowest BCUT2D eigenvalue weighted by atomic mass is 10.0. The SMILES string of the molecule is CC/C=C\C/C=C\C/C=C\C/C=C\C/C=C\C/C=C\CCC(=O)OCC(COP(=O)(O)OCC(O)COP(=O)(O)OCC(COC(=O)CCCCCCCCCCCCCCCCC)OC(=O)CCCCCCC/C=C\CCCCCC)OC(=O)CCCCCCC/C=C\C/C=C\CCC. The second-order valence-corrected chi connectivity index (χ2v) is 28.8. The fraction of sp³-hybridized carbons (Fsp3) is 0.728. The summed E-state index contributed by atoms with van der Waals surface area (Å²) < 4.78 is 68.4. The molecule has 19 heteroatoms. The first-order valence-electron chi connectivity index (χ1n) is 39.1. The number of rotatable bonds is 73. The number of carbonyl (C=O) groups excluding carboxylic acids is 4. The summed E-state index contributed by atoms with van der Waals surface area (Å²) in [6.45, 7) is 4.60. The van der Waals surface area contributed by atoms with E-state index in [4.69, 9.17) is 37.0 Å². The Morgan fingerprint density at radius 2 is 0.560 bits per heavy atom. The number of esters is 4. The van der Waals surface area contributed by atoms with Crippen molar-refractivity contribution in [1.29, 1.82) is 0 Å². The van der Waals surface area contributed by atoms with Crippen molar-refractivity contribution in [2.75, 3.05) is 39.6 Å². The van der Waals surface area contributed by atoms with Gasteiger partial charge in [0, 0.05) is 25.7 Å². The molecule has 0 saturated heterocycles. The van der Waals surface area contributed by atoms with Gasteiger partial charge in [-0.05, 0) is 116 Å². The Kier molecular flexibility index (Phi) is 69.9. The topological polar surface area (TPSA) is 237 Å². The van der Waals surface area contributed by atoms with E-state index in [1.807, 2.05) is 18.2 Å². The van der Waals surface area contributed by atoms with Gasteiger partial charge in [0.05, 0.1) is 26.4 Å². The van der Waals surface area contributed by atoms with Crippen LogP contribution in [-0.2, 0) is 65.4 Å². The predicted octanol–water partition coefficient (Wildman–Crippen LogP) is 22.6. The van der Waals surface area contributed by atoms with Crippen LogP contribution in [0.2, 0.25) is 0 Å². The van der Waals surface area contributed by atoms with E-state index in [0.717, 1.165) is 141 Å². The van der Waals surface area contributed by atoms with Crippen molar-refractivity contribution in [2.45, 2.75) is 341 Å². The predicted molar refractivity (Wildman–Crippen MR) is 408 cm³/mol. The Morgan fingerprint density at radius 1 is 0.290 bits per heavy atom. The van der Waals surface area contributed by atoms with E-state index in [-0.39, 0.29) is 25.7 Å². The third-order valence-electron chi connectivity index (χ3n) is 16.2. The van der Waals surface area contributed by atoms with Crippen LogP contribution in [0.4, 0.5) is 0 Å². The number of phosphoric ester groups is 2. The van der Waals surface area contributed by atoms with Crippen molar-refractivity contribution in [3.05, 3.63) is 109 Å². The third-order valence-corrected chi connectivity index (χ3v) is 18.1. The van der Waals surface area contributed by atoms with Crippen LogP contribution in [0, 0.1) is 0 Å². The first-order valence-corrected chi connectivity index (χ1v) is 42.1. The Bertz CT molecular complexity index is 2320. The zero-order chi connectivity index (χ0) is 73.2. The smallest absolute Gasteiger partial charge is 0.462 e. The molecule has 100 heavy (non-hydrogen) atoms. The fourth-order valence-corrected chi connectivity index (χ4v) is 11.9. The molecule has 5 unspecified atom stereocenters. The molecule has 0 radical (unpaired) electrons. The van der Waals surface area contributed by atoms with Gasteiger partial charge in [-0.2, -0.15) is 0 Å². The summed E-state index contributed by atoms with van der Waals surface area (Å²) in [6, 6.07) is 0. The van der Waals surface area contributed by atoms with Crippen LogP contribution >= 0.6 is 15.6 Å². The monoisotopic (exact) mass is 1450 g/mol. The minimum atomic E-state index is -4.99. The van der Waals surface area contributed by atoms with E-state index in [1.165, 1.54) is 96.3 Å². The molecule has 3 N–H and O–H groups in total. The van der Waals surface area contributed by atoms with Crippen molar-refractivity contribution in [3.63, 3.8) is 0 Å². The second-order valence-electron chi connectivity index (χ2n) is 25.9. The Morgan fingerprint density at radius 3 is 0.920 bits per heavy atom. The normalized spacial score (nSPS) is 14.5. The van der Waals surface area contributed by atoms with Gasteiger partial charge in [-0.25, -0.2) is 9.13 Å². The lowest BCUT2D eigenvalue weighted by Gasteiger charge is -2.21. The van der Waals surface area contributed by atoms with Gasteiger partial charge in [-0.1, -0.05) is 291 Å². The third kappa shape index (κ3) is 72.1. The average molecular weight is 1450 g/mol. The molecule has 0 rings (SSSR count). The molecule has 0 spiro atoms. The Labute approximate surface area is 607 Å². The van der Waals surface area contributed by atoms with Crippen LogP contribution in [0.25, 0.3) is 0 Å². The minimum absolute atomic E-state index is 0.0319. The van der Waals surface area contributed by atoms with Crippen LogP contribution in [0.5, 0.6) is 0 Å². The van der Waals surface area contributed by atoms with E-state index in [2.05, 4.69) is 119 Å². The molecule has 5 atom stereocenters.